The third-order valence-electron chi connectivity index (χ3n) is 2.70. The van der Waals surface area contributed by atoms with Crippen LogP contribution in [0.3, 0.4) is 0 Å². The van der Waals surface area contributed by atoms with E-state index in [1.807, 2.05) is 0 Å². The number of pyridine rings is 1. The number of thiophene rings is 1. The van der Waals surface area contributed by atoms with Crippen LogP contribution in [0.25, 0.3) is 0 Å². The highest BCUT2D eigenvalue weighted by molar-refractivity contribution is 9.10. The third-order valence-corrected chi connectivity index (χ3v) is 5.16. The van der Waals surface area contributed by atoms with Crippen LogP contribution in [0.1, 0.15) is 23.5 Å². The normalized spacial score (nSPS) is 12.6. The molecule has 0 aliphatic carbocycles. The number of rotatable bonds is 5. The van der Waals surface area contributed by atoms with Crippen molar-refractivity contribution >= 4 is 50.5 Å². The first kappa shape index (κ1) is 15.3. The Hall–Kier alpha value is -0.130. The Kier molecular flexibility index (Phi) is 5.66. The summed E-state index contributed by atoms with van der Waals surface area (Å²) in [5.74, 6) is 0. The van der Waals surface area contributed by atoms with Crippen LogP contribution in [0, 0.1) is 0 Å². The van der Waals surface area contributed by atoms with Crippen molar-refractivity contribution in [1.82, 2.24) is 10.3 Å². The Morgan fingerprint density at radius 1 is 1.47 bits per heavy atom. The van der Waals surface area contributed by atoms with Gasteiger partial charge in [-0.05, 0) is 40.0 Å². The van der Waals surface area contributed by atoms with Gasteiger partial charge in [-0.2, -0.15) is 0 Å². The van der Waals surface area contributed by atoms with Gasteiger partial charge in [-0.1, -0.05) is 30.1 Å². The molecule has 0 aromatic carbocycles. The van der Waals surface area contributed by atoms with Gasteiger partial charge in [0.05, 0.1) is 21.8 Å². The van der Waals surface area contributed by atoms with Gasteiger partial charge in [-0.3, -0.25) is 4.98 Å². The molecule has 0 fully saturated rings. The van der Waals surface area contributed by atoms with E-state index in [9.17, 15) is 0 Å². The Morgan fingerprint density at radius 3 is 2.84 bits per heavy atom. The van der Waals surface area contributed by atoms with Crippen LogP contribution in [0.4, 0.5) is 0 Å². The number of nitrogens with zero attached hydrogens (tertiary/aromatic N) is 1. The van der Waals surface area contributed by atoms with Gasteiger partial charge < -0.3 is 5.32 Å². The topological polar surface area (TPSA) is 24.9 Å². The fourth-order valence-electron chi connectivity index (χ4n) is 1.85. The molecule has 2 aromatic rings. The fraction of sp³-hybridized carbons (Fsp3) is 0.308. The molecule has 0 spiro atoms. The van der Waals surface area contributed by atoms with E-state index in [1.165, 1.54) is 4.88 Å². The smallest absolute Gasteiger partial charge is 0.0763 e. The molecule has 2 aromatic heterocycles. The summed E-state index contributed by atoms with van der Waals surface area (Å²) in [4.78, 5) is 5.65. The van der Waals surface area contributed by atoms with Gasteiger partial charge in [0.1, 0.15) is 0 Å². The van der Waals surface area contributed by atoms with E-state index in [0.29, 0.717) is 10.0 Å². The van der Waals surface area contributed by atoms with E-state index >= 15 is 0 Å². The first-order chi connectivity index (χ1) is 9.11. The van der Waals surface area contributed by atoms with E-state index in [4.69, 9.17) is 23.2 Å². The van der Waals surface area contributed by atoms with Crippen LogP contribution in [0.15, 0.2) is 28.2 Å². The number of aromatic nitrogens is 1. The third kappa shape index (κ3) is 3.92. The summed E-state index contributed by atoms with van der Waals surface area (Å²) < 4.78 is 1.13. The van der Waals surface area contributed by atoms with Crippen molar-refractivity contribution in [1.29, 1.82) is 0 Å². The van der Waals surface area contributed by atoms with Crippen molar-refractivity contribution in [3.05, 3.63) is 48.8 Å². The number of likely N-dealkylation sites (N-methyl/N-ethyl adjacent to an activating group) is 1. The molecule has 0 radical (unpaired) electrons. The first-order valence-electron chi connectivity index (χ1n) is 5.88. The molecule has 0 bridgehead atoms. The largest absolute Gasteiger partial charge is 0.309 e. The number of nitrogens with one attached hydrogen (secondary N) is 1. The predicted molar refractivity (Wildman–Crippen MR) is 86.4 cm³/mol. The van der Waals surface area contributed by atoms with Gasteiger partial charge in [0.25, 0.3) is 0 Å². The molecule has 1 N–H and O–H groups in total. The van der Waals surface area contributed by atoms with E-state index < -0.39 is 0 Å². The number of hydrogen-bond donors (Lipinski definition) is 1. The maximum absolute atomic E-state index is 6.24. The molecule has 2 nitrogen and oxygen atoms in total. The summed E-state index contributed by atoms with van der Waals surface area (Å²) in [6.07, 6.45) is 2.48. The summed E-state index contributed by atoms with van der Waals surface area (Å²) in [6, 6.07) is 3.88. The molecule has 19 heavy (non-hydrogen) atoms. The minimum absolute atomic E-state index is 0.0877. The highest BCUT2D eigenvalue weighted by atomic mass is 79.9. The van der Waals surface area contributed by atoms with Gasteiger partial charge >= 0.3 is 0 Å². The Bertz CT molecular complexity index is 559. The van der Waals surface area contributed by atoms with Gasteiger partial charge in [-0.15, -0.1) is 11.3 Å². The van der Waals surface area contributed by atoms with Crippen molar-refractivity contribution in [2.24, 2.45) is 0 Å². The summed E-state index contributed by atoms with van der Waals surface area (Å²) in [6.45, 7) is 2.93. The lowest BCUT2D eigenvalue weighted by atomic mass is 10.1. The van der Waals surface area contributed by atoms with Crippen molar-refractivity contribution in [2.45, 2.75) is 19.4 Å². The summed E-state index contributed by atoms with van der Waals surface area (Å²) >= 11 is 17.4. The van der Waals surface area contributed by atoms with Crippen LogP contribution >= 0.6 is 50.5 Å². The summed E-state index contributed by atoms with van der Waals surface area (Å²) in [7, 11) is 0. The molecule has 102 valence electrons. The maximum Gasteiger partial charge on any atom is 0.0763 e. The summed E-state index contributed by atoms with van der Waals surface area (Å²) in [5.41, 5.74) is 0.841. The minimum atomic E-state index is 0.0877. The van der Waals surface area contributed by atoms with Crippen LogP contribution in [-0.4, -0.2) is 11.5 Å². The summed E-state index contributed by atoms with van der Waals surface area (Å²) in [5, 5.41) is 6.65. The molecule has 0 aliphatic heterocycles. The maximum atomic E-state index is 6.24. The van der Waals surface area contributed by atoms with Crippen LogP contribution < -0.4 is 5.32 Å². The SMILES string of the molecule is CCNC(Cc1sccc1Br)c1ncc(Cl)cc1Cl. The Labute approximate surface area is 135 Å². The lowest BCUT2D eigenvalue weighted by molar-refractivity contribution is 0.539. The molecular weight excluding hydrogens is 367 g/mol. The van der Waals surface area contributed by atoms with Crippen LogP contribution in [0.2, 0.25) is 10.0 Å². The van der Waals surface area contributed by atoms with Gasteiger partial charge in [0.2, 0.25) is 0 Å². The quantitative estimate of drug-likeness (QED) is 0.780. The predicted octanol–water partition coefficient (Wildman–Crippen LogP) is 5.11. The van der Waals surface area contributed by atoms with Crippen molar-refractivity contribution in [3.8, 4) is 0 Å². The zero-order valence-electron chi connectivity index (χ0n) is 10.3. The van der Waals surface area contributed by atoms with E-state index in [2.05, 4.69) is 44.6 Å². The Morgan fingerprint density at radius 2 is 2.26 bits per heavy atom. The number of halogens is 3. The highest BCUT2D eigenvalue weighted by Crippen LogP contribution is 2.30. The molecular formula is C13H13BrCl2N2S. The van der Waals surface area contributed by atoms with Crippen molar-refractivity contribution in [2.75, 3.05) is 6.54 Å². The average molecular weight is 380 g/mol. The minimum Gasteiger partial charge on any atom is -0.309 e. The van der Waals surface area contributed by atoms with Crippen LogP contribution in [-0.2, 0) is 6.42 Å². The molecule has 1 unspecified atom stereocenters. The lowest BCUT2D eigenvalue weighted by Gasteiger charge is -2.18. The molecule has 0 saturated carbocycles. The average Bonchev–Trinajstić information content (AvgIpc) is 2.75. The van der Waals surface area contributed by atoms with Crippen LogP contribution in [0.5, 0.6) is 0 Å². The molecule has 0 saturated heterocycles. The molecule has 1 atom stereocenters. The van der Waals surface area contributed by atoms with E-state index in [0.717, 1.165) is 23.1 Å². The lowest BCUT2D eigenvalue weighted by Crippen LogP contribution is -2.24. The molecule has 2 rings (SSSR count). The van der Waals surface area contributed by atoms with E-state index in [1.54, 1.807) is 23.6 Å². The second kappa shape index (κ2) is 7.04. The monoisotopic (exact) mass is 378 g/mol. The fourth-order valence-corrected chi connectivity index (χ4v) is 3.92. The zero-order chi connectivity index (χ0) is 13.8. The standard InChI is InChI=1S/C13H13BrCl2N2S/c1-2-17-11(6-12-9(14)3-4-19-12)13-10(16)5-8(15)7-18-13/h3-5,7,11,17H,2,6H2,1H3. The van der Waals surface area contributed by atoms with Gasteiger partial charge in [0.15, 0.2) is 0 Å². The molecule has 0 aliphatic rings. The van der Waals surface area contributed by atoms with E-state index in [-0.39, 0.29) is 6.04 Å². The molecule has 0 amide bonds. The Balaban J connectivity index is 2.27. The van der Waals surface area contributed by atoms with Gasteiger partial charge in [0, 0.05) is 22.0 Å². The number of hydrogen-bond acceptors (Lipinski definition) is 3. The second-order valence-corrected chi connectivity index (χ2v) is 6.73. The molecule has 2 heterocycles. The first-order valence-corrected chi connectivity index (χ1v) is 8.31. The second-order valence-electron chi connectivity index (χ2n) is 4.03. The van der Waals surface area contributed by atoms with Crippen molar-refractivity contribution < 1.29 is 0 Å². The van der Waals surface area contributed by atoms with Crippen molar-refractivity contribution in [3.63, 3.8) is 0 Å². The highest BCUT2D eigenvalue weighted by Gasteiger charge is 2.18. The molecule has 6 heteroatoms. The zero-order valence-corrected chi connectivity index (χ0v) is 14.2. The van der Waals surface area contributed by atoms with Gasteiger partial charge in [-0.25, -0.2) is 0 Å².